The minimum Gasteiger partial charge on any atom is -0.437 e. The van der Waals surface area contributed by atoms with Crippen molar-refractivity contribution in [3.8, 4) is 11.6 Å². The number of ether oxygens (including phenoxy) is 1. The number of benzene rings is 2. The van der Waals surface area contributed by atoms with Crippen molar-refractivity contribution in [1.29, 1.82) is 0 Å². The van der Waals surface area contributed by atoms with Crippen LogP contribution >= 0.6 is 11.6 Å². The molecule has 9 heteroatoms. The Kier molecular flexibility index (Phi) is 6.13. The van der Waals surface area contributed by atoms with Gasteiger partial charge >= 0.3 is 0 Å². The van der Waals surface area contributed by atoms with Crippen LogP contribution in [0.15, 0.2) is 65.8 Å². The van der Waals surface area contributed by atoms with Crippen molar-refractivity contribution >= 4 is 27.4 Å². The van der Waals surface area contributed by atoms with Crippen LogP contribution in [-0.4, -0.2) is 48.4 Å². The predicted octanol–water partition coefficient (Wildman–Crippen LogP) is 4.13. The lowest BCUT2D eigenvalue weighted by molar-refractivity contribution is 0.305. The van der Waals surface area contributed by atoms with Gasteiger partial charge in [0.2, 0.25) is 15.9 Å². The quantitative estimate of drug-likeness (QED) is 0.572. The third-order valence-corrected chi connectivity index (χ3v) is 7.54. The van der Waals surface area contributed by atoms with Gasteiger partial charge in [0.15, 0.2) is 0 Å². The molecule has 0 bridgehead atoms. The van der Waals surface area contributed by atoms with E-state index >= 15 is 0 Å². The fraction of sp³-hybridized carbons (Fsp3) is 0.273. The van der Waals surface area contributed by atoms with Crippen LogP contribution < -0.4 is 9.64 Å². The van der Waals surface area contributed by atoms with Crippen LogP contribution in [0.25, 0.3) is 0 Å². The highest BCUT2D eigenvalue weighted by atomic mass is 35.5. The number of aryl methyl sites for hydroxylation is 1. The molecule has 2 heterocycles. The summed E-state index contributed by atoms with van der Waals surface area (Å²) in [6.07, 6.45) is 1.43. The number of aromatic nitrogens is 2. The van der Waals surface area contributed by atoms with E-state index in [0.29, 0.717) is 47.0 Å². The van der Waals surface area contributed by atoms with E-state index in [1.807, 2.05) is 43.0 Å². The van der Waals surface area contributed by atoms with E-state index in [9.17, 15) is 8.42 Å². The van der Waals surface area contributed by atoms with E-state index in [4.69, 9.17) is 16.3 Å². The second-order valence-corrected chi connectivity index (χ2v) is 9.77. The van der Waals surface area contributed by atoms with Gasteiger partial charge in [-0.1, -0.05) is 41.4 Å². The first-order chi connectivity index (χ1) is 14.8. The minimum absolute atomic E-state index is 0.219. The number of halogens is 1. The van der Waals surface area contributed by atoms with Crippen LogP contribution in [0.1, 0.15) is 12.5 Å². The molecule has 7 nitrogen and oxygen atoms in total. The van der Waals surface area contributed by atoms with Crippen molar-refractivity contribution in [2.45, 2.75) is 24.8 Å². The molecule has 4 rings (SSSR count). The topological polar surface area (TPSA) is 75.6 Å². The minimum atomic E-state index is -3.55. The molecule has 0 amide bonds. The van der Waals surface area contributed by atoms with E-state index in [2.05, 4.69) is 9.97 Å². The van der Waals surface area contributed by atoms with Crippen molar-refractivity contribution in [1.82, 2.24) is 14.3 Å². The zero-order chi connectivity index (χ0) is 22.0. The molecule has 0 N–H and O–H groups in total. The lowest BCUT2D eigenvalue weighted by atomic mass is 10.2. The first-order valence-electron chi connectivity index (χ1n) is 9.92. The largest absolute Gasteiger partial charge is 0.437 e. The lowest BCUT2D eigenvalue weighted by Crippen LogP contribution is -2.54. The molecule has 1 unspecified atom stereocenters. The molecule has 0 radical (unpaired) electrons. The normalized spacial score (nSPS) is 17.5. The van der Waals surface area contributed by atoms with Crippen molar-refractivity contribution in [2.24, 2.45) is 0 Å². The zero-order valence-electron chi connectivity index (χ0n) is 17.3. The van der Waals surface area contributed by atoms with Gasteiger partial charge in [0.05, 0.1) is 9.92 Å². The fourth-order valence-corrected chi connectivity index (χ4v) is 5.34. The highest BCUT2D eigenvalue weighted by molar-refractivity contribution is 7.89. The molecule has 1 fully saturated rings. The number of sulfonamides is 1. The molecule has 162 valence electrons. The molecule has 1 aliphatic heterocycles. The Bertz CT molecular complexity index is 1170. The Labute approximate surface area is 187 Å². The summed E-state index contributed by atoms with van der Waals surface area (Å²) in [4.78, 5) is 10.9. The van der Waals surface area contributed by atoms with Crippen molar-refractivity contribution in [3.05, 3.63) is 71.5 Å². The molecule has 3 aromatic rings. The summed E-state index contributed by atoms with van der Waals surface area (Å²) in [6, 6.07) is 15.6. The number of nitrogens with zero attached hydrogens (tertiary/aromatic N) is 4. The SMILES string of the molecule is Cc1ccc(S(=O)(=O)N2CCN(c3cc(Oc4ccccc4Cl)ncn3)CC2C)cc1. The lowest BCUT2D eigenvalue weighted by Gasteiger charge is -2.39. The van der Waals surface area contributed by atoms with Crippen LogP contribution in [-0.2, 0) is 10.0 Å². The molecule has 0 spiro atoms. The van der Waals surface area contributed by atoms with E-state index in [0.717, 1.165) is 5.56 Å². The highest BCUT2D eigenvalue weighted by Crippen LogP contribution is 2.30. The van der Waals surface area contributed by atoms with Gasteiger partial charge in [0, 0.05) is 31.7 Å². The van der Waals surface area contributed by atoms with E-state index < -0.39 is 10.0 Å². The monoisotopic (exact) mass is 458 g/mol. The third kappa shape index (κ3) is 4.66. The standard InChI is InChI=1S/C22H23ClN4O3S/c1-16-7-9-18(10-8-16)31(28,29)27-12-11-26(14-17(27)2)21-13-22(25-15-24-21)30-20-6-4-3-5-19(20)23/h3-10,13,15,17H,11-12,14H2,1-2H3. The summed E-state index contributed by atoms with van der Waals surface area (Å²) in [5.74, 6) is 1.56. The number of para-hydroxylation sites is 1. The molecule has 2 aromatic carbocycles. The van der Waals surface area contributed by atoms with Crippen LogP contribution in [0.2, 0.25) is 5.02 Å². The molecule has 31 heavy (non-hydrogen) atoms. The number of hydrogen-bond acceptors (Lipinski definition) is 6. The fourth-order valence-electron chi connectivity index (χ4n) is 3.55. The number of rotatable bonds is 5. The van der Waals surface area contributed by atoms with E-state index in [1.54, 1.807) is 34.6 Å². The van der Waals surface area contributed by atoms with Crippen molar-refractivity contribution < 1.29 is 13.2 Å². The van der Waals surface area contributed by atoms with Gasteiger partial charge < -0.3 is 9.64 Å². The molecular weight excluding hydrogens is 436 g/mol. The predicted molar refractivity (Wildman–Crippen MR) is 120 cm³/mol. The van der Waals surface area contributed by atoms with E-state index in [-0.39, 0.29) is 6.04 Å². The summed E-state index contributed by atoms with van der Waals surface area (Å²) in [6.45, 7) is 5.22. The Balaban J connectivity index is 1.49. The Hall–Kier alpha value is -2.68. The molecule has 1 atom stereocenters. The molecule has 0 aliphatic carbocycles. The summed E-state index contributed by atoms with van der Waals surface area (Å²) in [5, 5.41) is 0.492. The summed E-state index contributed by atoms with van der Waals surface area (Å²) >= 11 is 6.16. The average Bonchev–Trinajstić information content (AvgIpc) is 2.76. The number of anilines is 1. The summed E-state index contributed by atoms with van der Waals surface area (Å²) in [5.41, 5.74) is 1.02. The van der Waals surface area contributed by atoms with Gasteiger partial charge in [-0.15, -0.1) is 0 Å². The van der Waals surface area contributed by atoms with Crippen LogP contribution in [0, 0.1) is 6.92 Å². The Morgan fingerprint density at radius 1 is 1.06 bits per heavy atom. The molecule has 0 saturated carbocycles. The average molecular weight is 459 g/mol. The van der Waals surface area contributed by atoms with Gasteiger partial charge in [0.25, 0.3) is 0 Å². The van der Waals surface area contributed by atoms with Gasteiger partial charge in [-0.25, -0.2) is 18.4 Å². The maximum absolute atomic E-state index is 13.1. The van der Waals surface area contributed by atoms with Crippen LogP contribution in [0.3, 0.4) is 0 Å². The second kappa shape index (κ2) is 8.82. The number of hydrogen-bond donors (Lipinski definition) is 0. The Morgan fingerprint density at radius 2 is 1.81 bits per heavy atom. The van der Waals surface area contributed by atoms with Gasteiger partial charge in [-0.05, 0) is 38.1 Å². The van der Waals surface area contributed by atoms with Crippen LogP contribution in [0.4, 0.5) is 5.82 Å². The summed E-state index contributed by atoms with van der Waals surface area (Å²) < 4.78 is 33.5. The molecule has 1 aliphatic rings. The zero-order valence-corrected chi connectivity index (χ0v) is 18.8. The second-order valence-electron chi connectivity index (χ2n) is 7.47. The first-order valence-corrected chi connectivity index (χ1v) is 11.7. The van der Waals surface area contributed by atoms with Gasteiger partial charge in [-0.3, -0.25) is 0 Å². The van der Waals surface area contributed by atoms with Gasteiger partial charge in [-0.2, -0.15) is 4.31 Å². The molecule has 1 saturated heterocycles. The van der Waals surface area contributed by atoms with E-state index in [1.165, 1.54) is 6.33 Å². The molecule has 1 aromatic heterocycles. The first kappa shape index (κ1) is 21.5. The van der Waals surface area contributed by atoms with Crippen molar-refractivity contribution in [2.75, 3.05) is 24.5 Å². The Morgan fingerprint density at radius 3 is 2.52 bits per heavy atom. The van der Waals surface area contributed by atoms with Gasteiger partial charge in [0.1, 0.15) is 17.9 Å². The highest BCUT2D eigenvalue weighted by Gasteiger charge is 2.34. The number of piperazine rings is 1. The molecular formula is C22H23ClN4O3S. The smallest absolute Gasteiger partial charge is 0.243 e. The van der Waals surface area contributed by atoms with Crippen LogP contribution in [0.5, 0.6) is 11.6 Å². The maximum Gasteiger partial charge on any atom is 0.243 e. The summed E-state index contributed by atoms with van der Waals surface area (Å²) in [7, 11) is -3.55. The van der Waals surface area contributed by atoms with Crippen molar-refractivity contribution in [3.63, 3.8) is 0 Å². The third-order valence-electron chi connectivity index (χ3n) is 5.20. The maximum atomic E-state index is 13.1.